The second kappa shape index (κ2) is 11.2. The first-order valence-corrected chi connectivity index (χ1v) is 11.6. The van der Waals surface area contributed by atoms with Crippen molar-refractivity contribution in [3.05, 3.63) is 28.8 Å². The zero-order valence-electron chi connectivity index (χ0n) is 18.0. The molecule has 1 fully saturated rings. The molecule has 1 N–H and O–H groups in total. The summed E-state index contributed by atoms with van der Waals surface area (Å²) in [5.74, 6) is 1.27. The van der Waals surface area contributed by atoms with Crippen LogP contribution in [-0.2, 0) is 6.54 Å². The number of rotatable bonds is 10. The van der Waals surface area contributed by atoms with E-state index in [2.05, 4.69) is 15.2 Å². The number of nitrogens with one attached hydrogen (secondary N) is 1. The van der Waals surface area contributed by atoms with Gasteiger partial charge in [-0.25, -0.2) is 4.98 Å². The fourth-order valence-electron chi connectivity index (χ4n) is 3.47. The Hall–Kier alpha value is -2.32. The number of carbonyl (C=O) groups excluding carboxylic acids is 1. The summed E-state index contributed by atoms with van der Waals surface area (Å²) >= 11 is 1.44. The molecule has 1 aromatic heterocycles. The Bertz CT molecular complexity index is 807. The van der Waals surface area contributed by atoms with Gasteiger partial charge >= 0.3 is 0 Å². The van der Waals surface area contributed by atoms with Crippen molar-refractivity contribution in [3.63, 3.8) is 0 Å². The maximum atomic E-state index is 12.9. The topological polar surface area (TPSA) is 72.9 Å². The lowest BCUT2D eigenvalue weighted by atomic mass is 10.1. The number of piperidine rings is 1. The van der Waals surface area contributed by atoms with Crippen LogP contribution in [0.15, 0.2) is 17.5 Å². The van der Waals surface area contributed by atoms with Crippen molar-refractivity contribution in [1.29, 1.82) is 0 Å². The van der Waals surface area contributed by atoms with Gasteiger partial charge in [0, 0.05) is 17.5 Å². The molecular weight excluding hydrogens is 402 g/mol. The smallest absolute Gasteiger partial charge is 0.257 e. The van der Waals surface area contributed by atoms with Crippen molar-refractivity contribution >= 4 is 22.4 Å². The fraction of sp³-hybridized carbons (Fsp3) is 0.545. The highest BCUT2D eigenvalue weighted by molar-refractivity contribution is 7.14. The third-order valence-corrected chi connectivity index (χ3v) is 5.58. The molecule has 8 heteroatoms. The Balaban J connectivity index is 1.74. The van der Waals surface area contributed by atoms with Crippen molar-refractivity contribution in [1.82, 2.24) is 9.88 Å². The van der Waals surface area contributed by atoms with Gasteiger partial charge in [-0.2, -0.15) is 0 Å². The number of carbonyl (C=O) groups is 1. The third kappa shape index (κ3) is 5.86. The molecular formula is C22H31N3O4S. The summed E-state index contributed by atoms with van der Waals surface area (Å²) in [7, 11) is 0. The number of amides is 1. The second-order valence-electron chi connectivity index (χ2n) is 7.04. The van der Waals surface area contributed by atoms with Crippen molar-refractivity contribution in [2.75, 3.05) is 38.2 Å². The van der Waals surface area contributed by atoms with Crippen LogP contribution in [0.25, 0.3) is 0 Å². The average Bonchev–Trinajstić information content (AvgIpc) is 3.18. The number of benzene rings is 1. The van der Waals surface area contributed by atoms with Crippen LogP contribution in [0.1, 0.15) is 56.1 Å². The molecule has 0 saturated carbocycles. The number of aromatic nitrogens is 1. The first-order chi connectivity index (χ1) is 14.6. The molecule has 1 saturated heterocycles. The molecule has 1 aliphatic heterocycles. The van der Waals surface area contributed by atoms with E-state index in [1.54, 1.807) is 12.1 Å². The van der Waals surface area contributed by atoms with Gasteiger partial charge in [0.15, 0.2) is 16.6 Å². The summed E-state index contributed by atoms with van der Waals surface area (Å²) in [6, 6.07) is 3.38. The van der Waals surface area contributed by atoms with Gasteiger partial charge in [-0.3, -0.25) is 15.0 Å². The molecule has 30 heavy (non-hydrogen) atoms. The zero-order chi connectivity index (χ0) is 21.3. The van der Waals surface area contributed by atoms with Gasteiger partial charge in [-0.15, -0.1) is 11.3 Å². The van der Waals surface area contributed by atoms with Gasteiger partial charge in [0.05, 0.1) is 25.5 Å². The van der Waals surface area contributed by atoms with E-state index in [1.165, 1.54) is 30.6 Å². The SMILES string of the molecule is CCOc1cc(C(=O)Nc2nc(CN3CCCCC3)cs2)cc(OCC)c1OCC. The Morgan fingerprint density at radius 2 is 1.67 bits per heavy atom. The van der Waals surface area contributed by atoms with Crippen LogP contribution in [0.4, 0.5) is 5.13 Å². The van der Waals surface area contributed by atoms with Crippen LogP contribution >= 0.6 is 11.3 Å². The van der Waals surface area contributed by atoms with Crippen LogP contribution in [0, 0.1) is 0 Å². The van der Waals surface area contributed by atoms with Gasteiger partial charge < -0.3 is 14.2 Å². The quantitative estimate of drug-likeness (QED) is 0.591. The molecule has 0 spiro atoms. The average molecular weight is 434 g/mol. The van der Waals surface area contributed by atoms with E-state index in [4.69, 9.17) is 14.2 Å². The monoisotopic (exact) mass is 433 g/mol. The van der Waals surface area contributed by atoms with Crippen LogP contribution < -0.4 is 19.5 Å². The predicted octanol–water partition coefficient (Wildman–Crippen LogP) is 4.58. The molecule has 0 unspecified atom stereocenters. The number of anilines is 1. The van der Waals surface area contributed by atoms with E-state index in [9.17, 15) is 4.79 Å². The lowest BCUT2D eigenvalue weighted by molar-refractivity contribution is 0.102. The molecule has 164 valence electrons. The standard InChI is InChI=1S/C22H31N3O4S/c1-4-27-18-12-16(13-19(28-5-2)20(18)29-6-3)21(26)24-22-23-17(15-30-22)14-25-10-8-7-9-11-25/h12-13,15H,4-11,14H2,1-3H3,(H,23,24,26). The Morgan fingerprint density at radius 1 is 1.03 bits per heavy atom. The van der Waals surface area contributed by atoms with Crippen molar-refractivity contribution < 1.29 is 19.0 Å². The van der Waals surface area contributed by atoms with E-state index in [-0.39, 0.29) is 5.91 Å². The van der Waals surface area contributed by atoms with E-state index < -0.39 is 0 Å². The maximum Gasteiger partial charge on any atom is 0.257 e. The van der Waals surface area contributed by atoms with Gasteiger partial charge in [0.25, 0.3) is 5.91 Å². The van der Waals surface area contributed by atoms with Crippen LogP contribution in [0.5, 0.6) is 17.2 Å². The number of nitrogens with zero attached hydrogens (tertiary/aromatic N) is 2. The molecule has 3 rings (SSSR count). The molecule has 2 heterocycles. The highest BCUT2D eigenvalue weighted by atomic mass is 32.1. The maximum absolute atomic E-state index is 12.9. The zero-order valence-corrected chi connectivity index (χ0v) is 18.8. The minimum atomic E-state index is -0.251. The van der Waals surface area contributed by atoms with Crippen molar-refractivity contribution in [2.24, 2.45) is 0 Å². The summed E-state index contributed by atoms with van der Waals surface area (Å²) in [6.45, 7) is 10.1. The van der Waals surface area contributed by atoms with E-state index in [1.807, 2.05) is 26.2 Å². The summed E-state index contributed by atoms with van der Waals surface area (Å²) in [5, 5.41) is 5.51. The van der Waals surface area contributed by atoms with Crippen LogP contribution in [0.2, 0.25) is 0 Å². The van der Waals surface area contributed by atoms with Gasteiger partial charge in [0.1, 0.15) is 0 Å². The molecule has 0 bridgehead atoms. The summed E-state index contributed by atoms with van der Waals surface area (Å²) in [5.41, 5.74) is 1.44. The first-order valence-electron chi connectivity index (χ1n) is 10.7. The summed E-state index contributed by atoms with van der Waals surface area (Å²) in [6.07, 6.45) is 3.80. The highest BCUT2D eigenvalue weighted by Gasteiger charge is 2.19. The molecule has 2 aromatic rings. The lowest BCUT2D eigenvalue weighted by Crippen LogP contribution is -2.29. The molecule has 1 amide bonds. The Morgan fingerprint density at radius 3 is 2.27 bits per heavy atom. The van der Waals surface area contributed by atoms with E-state index >= 15 is 0 Å². The predicted molar refractivity (Wildman–Crippen MR) is 119 cm³/mol. The molecule has 1 aromatic carbocycles. The number of likely N-dealkylation sites (tertiary alicyclic amines) is 1. The molecule has 0 radical (unpaired) electrons. The van der Waals surface area contributed by atoms with E-state index in [0.717, 1.165) is 25.3 Å². The van der Waals surface area contributed by atoms with Gasteiger partial charge in [0.2, 0.25) is 5.75 Å². The molecule has 1 aliphatic rings. The number of ether oxygens (including phenoxy) is 3. The first kappa shape index (κ1) is 22.4. The summed E-state index contributed by atoms with van der Waals surface area (Å²) in [4.78, 5) is 19.9. The Kier molecular flexibility index (Phi) is 8.33. The summed E-state index contributed by atoms with van der Waals surface area (Å²) < 4.78 is 17.1. The van der Waals surface area contributed by atoms with Crippen molar-refractivity contribution in [2.45, 2.75) is 46.6 Å². The Labute approximate surface area is 182 Å². The fourth-order valence-corrected chi connectivity index (χ4v) is 4.17. The second-order valence-corrected chi connectivity index (χ2v) is 7.89. The minimum Gasteiger partial charge on any atom is -0.490 e. The van der Waals surface area contributed by atoms with Gasteiger partial charge in [-0.05, 0) is 58.8 Å². The minimum absolute atomic E-state index is 0.251. The largest absolute Gasteiger partial charge is 0.490 e. The molecule has 0 atom stereocenters. The van der Waals surface area contributed by atoms with Crippen LogP contribution in [-0.4, -0.2) is 48.7 Å². The van der Waals surface area contributed by atoms with Crippen molar-refractivity contribution in [3.8, 4) is 17.2 Å². The number of hydrogen-bond acceptors (Lipinski definition) is 7. The van der Waals surface area contributed by atoms with Gasteiger partial charge in [-0.1, -0.05) is 6.42 Å². The van der Waals surface area contributed by atoms with E-state index in [0.29, 0.717) is 47.8 Å². The number of hydrogen-bond donors (Lipinski definition) is 1. The molecule has 0 aliphatic carbocycles. The third-order valence-electron chi connectivity index (χ3n) is 4.78. The lowest BCUT2D eigenvalue weighted by Gasteiger charge is -2.25. The van der Waals surface area contributed by atoms with Crippen LogP contribution in [0.3, 0.4) is 0 Å². The number of thiazole rings is 1. The molecule has 7 nitrogen and oxygen atoms in total. The normalized spacial score (nSPS) is 14.4. The highest BCUT2D eigenvalue weighted by Crippen LogP contribution is 2.39.